The average Bonchev–Trinajstić information content (AvgIpc) is 3.01. The van der Waals surface area contributed by atoms with E-state index in [0.29, 0.717) is 0 Å². The largest absolute Gasteiger partial charge is 0.197 e. The summed E-state index contributed by atoms with van der Waals surface area (Å²) in [6.07, 6.45) is 1.79. The predicted octanol–water partition coefficient (Wildman–Crippen LogP) is 12.2. The summed E-state index contributed by atoms with van der Waals surface area (Å²) in [5.74, 6) is 0. The summed E-state index contributed by atoms with van der Waals surface area (Å²) in [5.41, 5.74) is 8.51. The van der Waals surface area contributed by atoms with Crippen molar-refractivity contribution >= 4 is 56.6 Å². The van der Waals surface area contributed by atoms with E-state index in [1.54, 1.807) is 0 Å². The van der Waals surface area contributed by atoms with Crippen LogP contribution in [0.2, 0.25) is 0 Å². The lowest BCUT2D eigenvalue weighted by Crippen LogP contribution is -2.12. The fourth-order valence-corrected chi connectivity index (χ4v) is 6.99. The van der Waals surface area contributed by atoms with E-state index in [-0.39, 0.29) is 24.3 Å². The van der Waals surface area contributed by atoms with Crippen molar-refractivity contribution in [2.75, 3.05) is 0 Å². The highest BCUT2D eigenvalue weighted by atomic mass is 32.1. The first-order valence-corrected chi connectivity index (χ1v) is 16.0. The van der Waals surface area contributed by atoms with Crippen molar-refractivity contribution in [3.8, 4) is 0 Å². The standard InChI is InChI=1S/C44H42.H2S/c1-43(2,3)33-21-23-37-40(26-32-18-12-16-30-14-8-10-20-36(30)32)42-28-34(44(4,5)6)22-24-38(42)39(41(37)27-33)25-31-17-11-15-29-13-7-9-19-35(29)31;/h7-24,27-28H,25-26H2,1-6H3;1H2. The maximum absolute atomic E-state index is 2.50. The maximum Gasteiger partial charge on any atom is -0.000728 e. The predicted molar refractivity (Wildman–Crippen MR) is 203 cm³/mol. The van der Waals surface area contributed by atoms with Crippen LogP contribution in [-0.2, 0) is 23.7 Å². The van der Waals surface area contributed by atoms with Gasteiger partial charge in [0.05, 0.1) is 0 Å². The van der Waals surface area contributed by atoms with Crippen LogP contribution in [0.5, 0.6) is 0 Å². The zero-order chi connectivity index (χ0) is 30.6. The Morgan fingerprint density at radius 3 is 1.16 bits per heavy atom. The Balaban J connectivity index is 0.00000357. The second-order valence-electron chi connectivity index (χ2n) is 14.6. The Hall–Kier alpha value is -4.07. The minimum Gasteiger partial charge on any atom is -0.197 e. The fourth-order valence-electron chi connectivity index (χ4n) is 6.99. The van der Waals surface area contributed by atoms with Crippen LogP contribution >= 0.6 is 13.5 Å². The van der Waals surface area contributed by atoms with E-state index in [0.717, 1.165) is 12.8 Å². The van der Waals surface area contributed by atoms with Gasteiger partial charge in [-0.3, -0.25) is 0 Å². The smallest absolute Gasteiger partial charge is 0.000728 e. The third kappa shape index (κ3) is 5.75. The zero-order valence-electron chi connectivity index (χ0n) is 27.5. The molecule has 1 heteroatoms. The molecule has 0 aliphatic rings. The number of benzene rings is 7. The Morgan fingerprint density at radius 2 is 0.756 bits per heavy atom. The van der Waals surface area contributed by atoms with Crippen molar-refractivity contribution in [1.82, 2.24) is 0 Å². The second kappa shape index (κ2) is 11.7. The van der Waals surface area contributed by atoms with E-state index in [1.807, 2.05) is 0 Å². The molecule has 0 heterocycles. The number of fused-ring (bicyclic) bond motifs is 4. The van der Waals surface area contributed by atoms with Gasteiger partial charge in [0.1, 0.15) is 0 Å². The molecule has 0 aromatic heterocycles. The molecule has 0 nitrogen and oxygen atoms in total. The highest BCUT2D eigenvalue weighted by molar-refractivity contribution is 7.59. The number of rotatable bonds is 4. The van der Waals surface area contributed by atoms with Crippen LogP contribution in [0.15, 0.2) is 121 Å². The molecule has 7 aromatic carbocycles. The molecule has 0 atom stereocenters. The van der Waals surface area contributed by atoms with E-state index in [9.17, 15) is 0 Å². The molecule has 0 bridgehead atoms. The van der Waals surface area contributed by atoms with E-state index < -0.39 is 0 Å². The maximum atomic E-state index is 2.50. The van der Waals surface area contributed by atoms with Crippen molar-refractivity contribution in [2.24, 2.45) is 0 Å². The zero-order valence-corrected chi connectivity index (χ0v) is 28.5. The van der Waals surface area contributed by atoms with E-state index >= 15 is 0 Å². The van der Waals surface area contributed by atoms with Crippen LogP contribution < -0.4 is 0 Å². The van der Waals surface area contributed by atoms with Crippen molar-refractivity contribution < 1.29 is 0 Å². The lowest BCUT2D eigenvalue weighted by Gasteiger charge is -2.25. The third-order valence-corrected chi connectivity index (χ3v) is 9.57. The summed E-state index contributed by atoms with van der Waals surface area (Å²) < 4.78 is 0. The molecule has 7 aromatic rings. The highest BCUT2D eigenvalue weighted by Crippen LogP contribution is 2.41. The monoisotopic (exact) mass is 604 g/mol. The van der Waals surface area contributed by atoms with Gasteiger partial charge in [0.25, 0.3) is 0 Å². The molecule has 0 aliphatic heterocycles. The number of hydrogen-bond donors (Lipinski definition) is 0. The molecule has 0 fully saturated rings. The van der Waals surface area contributed by atoms with Gasteiger partial charge in [0, 0.05) is 0 Å². The Morgan fingerprint density at radius 1 is 0.378 bits per heavy atom. The van der Waals surface area contributed by atoms with Crippen molar-refractivity contribution in [3.63, 3.8) is 0 Å². The van der Waals surface area contributed by atoms with E-state index in [2.05, 4.69) is 163 Å². The van der Waals surface area contributed by atoms with Crippen LogP contribution in [0.1, 0.15) is 74.9 Å². The van der Waals surface area contributed by atoms with Crippen molar-refractivity contribution in [3.05, 3.63) is 155 Å². The molecule has 0 amide bonds. The first kappa shape index (κ1) is 30.9. The second-order valence-corrected chi connectivity index (χ2v) is 14.6. The minimum absolute atomic E-state index is 0. The average molecular weight is 605 g/mol. The molecule has 0 spiro atoms. The van der Waals surface area contributed by atoms with E-state index in [4.69, 9.17) is 0 Å². The van der Waals surface area contributed by atoms with Crippen LogP contribution in [0.3, 0.4) is 0 Å². The molecule has 7 rings (SSSR count). The topological polar surface area (TPSA) is 0 Å². The van der Waals surface area contributed by atoms with Crippen LogP contribution in [0.25, 0.3) is 43.1 Å². The van der Waals surface area contributed by atoms with Crippen LogP contribution in [0, 0.1) is 0 Å². The Kier molecular flexibility index (Phi) is 8.04. The van der Waals surface area contributed by atoms with Gasteiger partial charge in [-0.2, -0.15) is 13.5 Å². The van der Waals surface area contributed by atoms with Crippen LogP contribution in [-0.4, -0.2) is 0 Å². The number of hydrogen-bond acceptors (Lipinski definition) is 0. The summed E-state index contributed by atoms with van der Waals surface area (Å²) in [6, 6.07) is 45.8. The first-order chi connectivity index (χ1) is 21.1. The Bertz CT molecular complexity index is 2020. The SMILES string of the molecule is CC(C)(C)c1ccc2c(Cc3cccc4ccccc34)c3cc(C(C)(C)C)ccc3c(Cc3cccc4ccccc34)c2c1.S. The molecule has 0 aliphatic carbocycles. The third-order valence-electron chi connectivity index (χ3n) is 9.57. The normalized spacial score (nSPS) is 12.2. The van der Waals surface area contributed by atoms with Gasteiger partial charge in [-0.25, -0.2) is 0 Å². The minimum atomic E-state index is 0. The lowest BCUT2D eigenvalue weighted by atomic mass is 9.79. The molecule has 45 heavy (non-hydrogen) atoms. The van der Waals surface area contributed by atoms with Gasteiger partial charge >= 0.3 is 0 Å². The molecule has 0 saturated carbocycles. The van der Waals surface area contributed by atoms with E-state index in [1.165, 1.54) is 76.5 Å². The quantitative estimate of drug-likeness (QED) is 0.175. The summed E-state index contributed by atoms with van der Waals surface area (Å²) in [5, 5.41) is 10.8. The van der Waals surface area contributed by atoms with Gasteiger partial charge in [0.15, 0.2) is 0 Å². The highest BCUT2D eigenvalue weighted by Gasteiger charge is 2.22. The first-order valence-electron chi connectivity index (χ1n) is 16.0. The molecular weight excluding hydrogens is 561 g/mol. The molecule has 226 valence electrons. The molecule has 0 saturated heterocycles. The molecular formula is C44H44S. The summed E-state index contributed by atoms with van der Waals surface area (Å²) >= 11 is 0. The fraction of sp³-hybridized carbons (Fsp3) is 0.227. The van der Waals surface area contributed by atoms with Crippen LogP contribution in [0.4, 0.5) is 0 Å². The van der Waals surface area contributed by atoms with Crippen molar-refractivity contribution in [2.45, 2.75) is 65.2 Å². The summed E-state index contributed by atoms with van der Waals surface area (Å²) in [4.78, 5) is 0. The van der Waals surface area contributed by atoms with Gasteiger partial charge < -0.3 is 0 Å². The van der Waals surface area contributed by atoms with Gasteiger partial charge in [-0.1, -0.05) is 163 Å². The summed E-state index contributed by atoms with van der Waals surface area (Å²) in [6.45, 7) is 14.0. The lowest BCUT2D eigenvalue weighted by molar-refractivity contribution is 0.590. The van der Waals surface area contributed by atoms with Gasteiger partial charge in [-0.05, 0) is 100 Å². The molecule has 0 N–H and O–H groups in total. The molecule has 0 radical (unpaired) electrons. The van der Waals surface area contributed by atoms with Gasteiger partial charge in [0.2, 0.25) is 0 Å². The Labute approximate surface area is 275 Å². The van der Waals surface area contributed by atoms with Gasteiger partial charge in [-0.15, -0.1) is 0 Å². The molecule has 0 unspecified atom stereocenters. The summed E-state index contributed by atoms with van der Waals surface area (Å²) in [7, 11) is 0. The van der Waals surface area contributed by atoms with Crippen molar-refractivity contribution in [1.29, 1.82) is 0 Å².